The van der Waals surface area contributed by atoms with Gasteiger partial charge in [0.1, 0.15) is 0 Å². The first-order chi connectivity index (χ1) is 8.65. The molecule has 0 aromatic carbocycles. The molecule has 0 fully saturated rings. The van der Waals surface area contributed by atoms with Gasteiger partial charge in [-0.05, 0) is 31.7 Å². The standard InChI is InChI=1S/C13H18N2OS2/c1-9(6-12(16)13-4-3-5-17-13)14-7-11-8-18-10(2)15-11/h3-5,8-9,12,14,16H,6-7H2,1-2H3/t9-,12+/m0/s1. The zero-order valence-electron chi connectivity index (χ0n) is 10.6. The number of hydrogen-bond donors (Lipinski definition) is 2. The van der Waals surface area contributed by atoms with Crippen molar-refractivity contribution in [2.75, 3.05) is 0 Å². The molecular formula is C13H18N2OS2. The fraction of sp³-hybridized carbons (Fsp3) is 0.462. The third-order valence-electron chi connectivity index (χ3n) is 2.75. The predicted molar refractivity (Wildman–Crippen MR) is 77.0 cm³/mol. The smallest absolute Gasteiger partial charge is 0.0897 e. The van der Waals surface area contributed by atoms with Crippen LogP contribution in [0.5, 0.6) is 0 Å². The van der Waals surface area contributed by atoms with Gasteiger partial charge in [0.25, 0.3) is 0 Å². The Bertz CT molecular complexity index is 467. The van der Waals surface area contributed by atoms with Crippen LogP contribution in [0.2, 0.25) is 0 Å². The zero-order valence-corrected chi connectivity index (χ0v) is 12.2. The van der Waals surface area contributed by atoms with Gasteiger partial charge in [0.05, 0.1) is 16.8 Å². The Morgan fingerprint density at radius 3 is 2.89 bits per heavy atom. The molecule has 0 aliphatic carbocycles. The van der Waals surface area contributed by atoms with Crippen LogP contribution in [0.4, 0.5) is 0 Å². The van der Waals surface area contributed by atoms with Crippen LogP contribution >= 0.6 is 22.7 Å². The number of rotatable bonds is 6. The summed E-state index contributed by atoms with van der Waals surface area (Å²) >= 11 is 3.27. The third-order valence-corrected chi connectivity index (χ3v) is 4.54. The average Bonchev–Trinajstić information content (AvgIpc) is 2.97. The number of hydrogen-bond acceptors (Lipinski definition) is 5. The van der Waals surface area contributed by atoms with E-state index in [9.17, 15) is 5.11 Å². The molecule has 3 nitrogen and oxygen atoms in total. The van der Waals surface area contributed by atoms with Crippen molar-refractivity contribution in [3.8, 4) is 0 Å². The second-order valence-electron chi connectivity index (χ2n) is 4.41. The van der Waals surface area contributed by atoms with E-state index >= 15 is 0 Å². The fourth-order valence-electron chi connectivity index (χ4n) is 1.78. The van der Waals surface area contributed by atoms with Crippen molar-refractivity contribution in [2.45, 2.75) is 39.0 Å². The van der Waals surface area contributed by atoms with Crippen LogP contribution in [0.25, 0.3) is 0 Å². The minimum absolute atomic E-state index is 0.268. The summed E-state index contributed by atoms with van der Waals surface area (Å²) in [6, 6.07) is 4.22. The molecule has 2 aromatic rings. The molecule has 2 rings (SSSR count). The van der Waals surface area contributed by atoms with Crippen molar-refractivity contribution in [3.05, 3.63) is 38.5 Å². The lowest BCUT2D eigenvalue weighted by atomic mass is 10.1. The Labute approximate surface area is 116 Å². The summed E-state index contributed by atoms with van der Waals surface area (Å²) in [4.78, 5) is 5.44. The van der Waals surface area contributed by atoms with Crippen LogP contribution in [0.3, 0.4) is 0 Å². The number of aliphatic hydroxyl groups is 1. The number of nitrogens with zero attached hydrogens (tertiary/aromatic N) is 1. The van der Waals surface area contributed by atoms with Gasteiger partial charge in [-0.15, -0.1) is 22.7 Å². The van der Waals surface area contributed by atoms with Crippen molar-refractivity contribution < 1.29 is 5.11 Å². The summed E-state index contributed by atoms with van der Waals surface area (Å²) in [5.41, 5.74) is 1.08. The molecule has 0 aliphatic rings. The summed E-state index contributed by atoms with van der Waals surface area (Å²) in [6.45, 7) is 4.87. The van der Waals surface area contributed by atoms with Gasteiger partial charge in [-0.3, -0.25) is 0 Å². The maximum absolute atomic E-state index is 10.0. The number of aromatic nitrogens is 1. The van der Waals surface area contributed by atoms with Crippen molar-refractivity contribution >= 4 is 22.7 Å². The second-order valence-corrected chi connectivity index (χ2v) is 6.45. The van der Waals surface area contributed by atoms with Gasteiger partial charge in [-0.2, -0.15) is 0 Å². The average molecular weight is 282 g/mol. The first-order valence-electron chi connectivity index (χ1n) is 6.01. The van der Waals surface area contributed by atoms with Gasteiger partial charge >= 0.3 is 0 Å². The fourth-order valence-corrected chi connectivity index (χ4v) is 3.12. The van der Waals surface area contributed by atoms with Gasteiger partial charge < -0.3 is 10.4 Å². The highest BCUT2D eigenvalue weighted by Crippen LogP contribution is 2.22. The van der Waals surface area contributed by atoms with E-state index in [1.165, 1.54) is 0 Å². The van der Waals surface area contributed by atoms with Gasteiger partial charge in [0, 0.05) is 22.8 Å². The number of nitrogens with one attached hydrogen (secondary N) is 1. The monoisotopic (exact) mass is 282 g/mol. The second kappa shape index (κ2) is 6.43. The maximum Gasteiger partial charge on any atom is 0.0897 e. The van der Waals surface area contributed by atoms with Crippen LogP contribution in [0.15, 0.2) is 22.9 Å². The Kier molecular flexibility index (Phi) is 4.88. The van der Waals surface area contributed by atoms with Crippen LogP contribution < -0.4 is 5.32 Å². The van der Waals surface area contributed by atoms with E-state index in [0.717, 1.165) is 28.5 Å². The van der Waals surface area contributed by atoms with E-state index in [0.29, 0.717) is 0 Å². The summed E-state index contributed by atoms with van der Waals surface area (Å²) in [5, 5.41) is 18.6. The molecule has 0 amide bonds. The number of aryl methyl sites for hydroxylation is 1. The quantitative estimate of drug-likeness (QED) is 0.855. The molecule has 0 unspecified atom stereocenters. The zero-order chi connectivity index (χ0) is 13.0. The molecule has 0 radical (unpaired) electrons. The molecule has 2 N–H and O–H groups in total. The molecule has 0 saturated heterocycles. The molecule has 2 atom stereocenters. The molecule has 98 valence electrons. The minimum atomic E-state index is -0.371. The molecule has 0 spiro atoms. The third kappa shape index (κ3) is 3.88. The summed E-state index contributed by atoms with van der Waals surface area (Å²) in [7, 11) is 0. The van der Waals surface area contributed by atoms with Crippen LogP contribution in [-0.2, 0) is 6.54 Å². The molecule has 0 saturated carbocycles. The minimum Gasteiger partial charge on any atom is -0.388 e. The Hall–Kier alpha value is -0.750. The lowest BCUT2D eigenvalue weighted by Crippen LogP contribution is -2.27. The lowest BCUT2D eigenvalue weighted by molar-refractivity contribution is 0.157. The first-order valence-corrected chi connectivity index (χ1v) is 7.77. The number of thiazole rings is 1. The summed E-state index contributed by atoms with van der Waals surface area (Å²) in [5.74, 6) is 0. The highest BCUT2D eigenvalue weighted by Gasteiger charge is 2.13. The number of thiophene rings is 1. The normalized spacial score (nSPS) is 14.6. The van der Waals surface area contributed by atoms with E-state index in [1.807, 2.05) is 24.4 Å². The molecular weight excluding hydrogens is 264 g/mol. The Balaban J connectivity index is 1.76. The molecule has 18 heavy (non-hydrogen) atoms. The maximum atomic E-state index is 10.0. The van der Waals surface area contributed by atoms with E-state index in [-0.39, 0.29) is 12.1 Å². The Morgan fingerprint density at radius 1 is 1.44 bits per heavy atom. The molecule has 0 bridgehead atoms. The van der Waals surface area contributed by atoms with Crippen LogP contribution in [-0.4, -0.2) is 16.1 Å². The molecule has 2 aromatic heterocycles. The summed E-state index contributed by atoms with van der Waals surface area (Å²) < 4.78 is 0. The van der Waals surface area contributed by atoms with Crippen molar-refractivity contribution in [1.29, 1.82) is 0 Å². The van der Waals surface area contributed by atoms with E-state index in [1.54, 1.807) is 22.7 Å². The van der Waals surface area contributed by atoms with Gasteiger partial charge in [0.15, 0.2) is 0 Å². The van der Waals surface area contributed by atoms with Gasteiger partial charge in [-0.25, -0.2) is 4.98 Å². The highest BCUT2D eigenvalue weighted by atomic mass is 32.1. The lowest BCUT2D eigenvalue weighted by Gasteiger charge is -2.16. The van der Waals surface area contributed by atoms with Crippen LogP contribution in [0, 0.1) is 6.92 Å². The largest absolute Gasteiger partial charge is 0.388 e. The van der Waals surface area contributed by atoms with E-state index < -0.39 is 0 Å². The first kappa shape index (κ1) is 13.7. The Morgan fingerprint density at radius 2 is 2.28 bits per heavy atom. The molecule has 0 aliphatic heterocycles. The topological polar surface area (TPSA) is 45.2 Å². The van der Waals surface area contributed by atoms with Crippen molar-refractivity contribution in [2.24, 2.45) is 0 Å². The van der Waals surface area contributed by atoms with Crippen LogP contribution in [0.1, 0.15) is 35.0 Å². The van der Waals surface area contributed by atoms with E-state index in [2.05, 4.69) is 22.6 Å². The highest BCUT2D eigenvalue weighted by molar-refractivity contribution is 7.10. The summed E-state index contributed by atoms with van der Waals surface area (Å²) in [6.07, 6.45) is 0.355. The van der Waals surface area contributed by atoms with E-state index in [4.69, 9.17) is 0 Å². The predicted octanol–water partition coefficient (Wildman–Crippen LogP) is 3.11. The van der Waals surface area contributed by atoms with Gasteiger partial charge in [-0.1, -0.05) is 6.07 Å². The SMILES string of the molecule is Cc1nc(CN[C@@H](C)C[C@@H](O)c2cccs2)cs1. The number of aliphatic hydroxyl groups excluding tert-OH is 1. The molecule has 2 heterocycles. The van der Waals surface area contributed by atoms with Crippen molar-refractivity contribution in [3.63, 3.8) is 0 Å². The molecule has 5 heteroatoms. The van der Waals surface area contributed by atoms with Gasteiger partial charge in [0.2, 0.25) is 0 Å². The van der Waals surface area contributed by atoms with Crippen molar-refractivity contribution in [1.82, 2.24) is 10.3 Å².